The van der Waals surface area contributed by atoms with Crippen LogP contribution < -0.4 is 5.56 Å². The molecule has 1 aromatic carbocycles. The highest BCUT2D eigenvalue weighted by atomic mass is 35.5. The van der Waals surface area contributed by atoms with Crippen LogP contribution in [0.3, 0.4) is 0 Å². The summed E-state index contributed by atoms with van der Waals surface area (Å²) in [5.41, 5.74) is 0.818. The fraction of sp³-hybridized carbons (Fsp3) is 0.286. The van der Waals surface area contributed by atoms with Crippen molar-refractivity contribution in [1.29, 1.82) is 0 Å². The molecule has 0 aliphatic heterocycles. The van der Waals surface area contributed by atoms with Crippen molar-refractivity contribution in [2.24, 2.45) is 14.0 Å². The molecule has 0 unspecified atom stereocenters. The lowest BCUT2D eigenvalue weighted by Crippen LogP contribution is -2.24. The number of hydrogen-bond acceptors (Lipinski definition) is 6. The summed E-state index contributed by atoms with van der Waals surface area (Å²) in [5, 5.41) is 12.0. The number of aromatic nitrogens is 8. The van der Waals surface area contributed by atoms with Crippen molar-refractivity contribution in [3.8, 4) is 28.3 Å². The van der Waals surface area contributed by atoms with E-state index in [2.05, 4.69) is 25.3 Å². The van der Waals surface area contributed by atoms with E-state index in [4.69, 9.17) is 15.7 Å². The molecule has 0 saturated heterocycles. The maximum absolute atomic E-state index is 16.3. The molecule has 1 aliphatic rings. The van der Waals surface area contributed by atoms with E-state index >= 15 is 8.78 Å². The molecule has 0 bridgehead atoms. The monoisotopic (exact) mass is 565 g/mol. The quantitative estimate of drug-likeness (QED) is 0.299. The van der Waals surface area contributed by atoms with E-state index in [0.717, 1.165) is 4.57 Å². The fourth-order valence-electron chi connectivity index (χ4n) is 5.25. The summed E-state index contributed by atoms with van der Waals surface area (Å²) >= 11 is 6.60. The van der Waals surface area contributed by atoms with E-state index in [-0.39, 0.29) is 45.2 Å². The third-order valence-electron chi connectivity index (χ3n) is 7.20. The zero-order valence-electron chi connectivity index (χ0n) is 24.9. The number of halogens is 3. The Hall–Kier alpha value is -4.25. The Morgan fingerprint density at radius 3 is 2.55 bits per heavy atom. The Bertz CT molecular complexity index is 1980. The third-order valence-corrected chi connectivity index (χ3v) is 7.58. The van der Waals surface area contributed by atoms with E-state index in [1.54, 1.807) is 40.0 Å². The van der Waals surface area contributed by atoms with Crippen LogP contribution in [0.25, 0.3) is 28.3 Å². The van der Waals surface area contributed by atoms with Gasteiger partial charge in [0, 0.05) is 41.5 Å². The highest BCUT2D eigenvalue weighted by Crippen LogP contribution is 2.55. The maximum atomic E-state index is 16.3. The van der Waals surface area contributed by atoms with Gasteiger partial charge in [-0.15, -0.1) is 0 Å². The smallest absolute Gasteiger partial charge is 0.274 e. The predicted octanol–water partition coefficient (Wildman–Crippen LogP) is 4.95. The molecule has 0 spiro atoms. The molecule has 9 nitrogen and oxygen atoms in total. The number of hydrogen-bond donors (Lipinski definition) is 0. The lowest BCUT2D eigenvalue weighted by Gasteiger charge is -2.18. The standard InChI is InChI=1S/C28H25ClF2N8O/c1-13-11-32-25(16-7-6-8-17(23(16)30)27-34-15(3)35-37(27)4)24(31)26(13)39-14(2)9-20(22(29)28(39)40)18-10-19(18)21-12-33-38(5)36-21/h6-9,11-12,18-19H,10H2,1-5H3/t18-,19-/m0/s1/i5D3. The van der Waals surface area contributed by atoms with Crippen molar-refractivity contribution in [1.82, 2.24) is 39.3 Å². The molecule has 4 heterocycles. The Morgan fingerprint density at radius 2 is 1.85 bits per heavy atom. The van der Waals surface area contributed by atoms with Crippen LogP contribution in [0.2, 0.25) is 5.02 Å². The van der Waals surface area contributed by atoms with Crippen LogP contribution >= 0.6 is 11.6 Å². The van der Waals surface area contributed by atoms with Gasteiger partial charge in [0.2, 0.25) is 0 Å². The second-order valence-electron chi connectivity index (χ2n) is 9.93. The maximum Gasteiger partial charge on any atom is 0.274 e. The molecule has 4 aromatic heterocycles. The molecule has 6 rings (SSSR count). The Morgan fingerprint density at radius 1 is 1.07 bits per heavy atom. The number of nitrogens with zero attached hydrogens (tertiary/aromatic N) is 8. The van der Waals surface area contributed by atoms with Crippen molar-refractivity contribution < 1.29 is 12.9 Å². The van der Waals surface area contributed by atoms with Gasteiger partial charge in [-0.1, -0.05) is 17.7 Å². The Labute approximate surface area is 237 Å². The molecule has 12 heteroatoms. The lowest BCUT2D eigenvalue weighted by molar-refractivity contribution is 0.601. The number of pyridine rings is 2. The van der Waals surface area contributed by atoms with Crippen molar-refractivity contribution in [3.63, 3.8) is 0 Å². The molecule has 0 amide bonds. The van der Waals surface area contributed by atoms with Crippen molar-refractivity contribution >= 4 is 11.6 Å². The molecule has 204 valence electrons. The first-order valence-corrected chi connectivity index (χ1v) is 12.8. The van der Waals surface area contributed by atoms with E-state index in [0.29, 0.717) is 39.6 Å². The summed E-state index contributed by atoms with van der Waals surface area (Å²) in [6, 6.07) is 6.22. The van der Waals surface area contributed by atoms with Crippen LogP contribution in [0.15, 0.2) is 41.5 Å². The summed E-state index contributed by atoms with van der Waals surface area (Å²) < 4.78 is 57.2. The molecular formula is C28H25ClF2N8O. The van der Waals surface area contributed by atoms with Gasteiger partial charge < -0.3 is 0 Å². The predicted molar refractivity (Wildman–Crippen MR) is 146 cm³/mol. The van der Waals surface area contributed by atoms with Gasteiger partial charge in [0.1, 0.15) is 22.4 Å². The van der Waals surface area contributed by atoms with Crippen LogP contribution in [0.4, 0.5) is 8.78 Å². The Balaban J connectivity index is 1.41. The average molecular weight is 566 g/mol. The van der Waals surface area contributed by atoms with Gasteiger partial charge in [0.15, 0.2) is 11.6 Å². The molecule has 1 fully saturated rings. The molecular weight excluding hydrogens is 538 g/mol. The molecule has 1 saturated carbocycles. The Kier molecular flexibility index (Phi) is 5.32. The van der Waals surface area contributed by atoms with E-state index in [9.17, 15) is 4.79 Å². The van der Waals surface area contributed by atoms with Crippen molar-refractivity contribution in [2.45, 2.75) is 39.0 Å². The van der Waals surface area contributed by atoms with Gasteiger partial charge in [0.05, 0.1) is 23.1 Å². The van der Waals surface area contributed by atoms with Gasteiger partial charge in [0.25, 0.3) is 5.56 Å². The lowest BCUT2D eigenvalue weighted by atomic mass is 10.0. The zero-order valence-corrected chi connectivity index (χ0v) is 22.7. The van der Waals surface area contributed by atoms with Crippen molar-refractivity contribution in [3.05, 3.63) is 92.0 Å². The summed E-state index contributed by atoms with van der Waals surface area (Å²) in [6.45, 7) is 2.44. The van der Waals surface area contributed by atoms with Crippen LogP contribution in [-0.4, -0.2) is 39.3 Å². The summed E-state index contributed by atoms with van der Waals surface area (Å²) in [5.74, 6) is -1.23. The largest absolute Gasteiger partial charge is 0.277 e. The van der Waals surface area contributed by atoms with Gasteiger partial charge >= 0.3 is 0 Å². The van der Waals surface area contributed by atoms with Gasteiger partial charge in [-0.3, -0.25) is 14.3 Å². The second-order valence-corrected chi connectivity index (χ2v) is 10.3. The highest BCUT2D eigenvalue weighted by molar-refractivity contribution is 6.31. The first-order valence-electron chi connectivity index (χ1n) is 13.9. The highest BCUT2D eigenvalue weighted by Gasteiger charge is 2.43. The van der Waals surface area contributed by atoms with E-state index in [1.807, 2.05) is 0 Å². The van der Waals surface area contributed by atoms with E-state index < -0.39 is 24.2 Å². The molecule has 40 heavy (non-hydrogen) atoms. The van der Waals surface area contributed by atoms with Crippen LogP contribution in [0.5, 0.6) is 0 Å². The summed E-state index contributed by atoms with van der Waals surface area (Å²) in [7, 11) is 1.64. The topological polar surface area (TPSA) is 96.3 Å². The van der Waals surface area contributed by atoms with Gasteiger partial charge in [-0.25, -0.2) is 18.4 Å². The molecule has 5 aromatic rings. The minimum Gasteiger partial charge on any atom is -0.277 e. The molecule has 1 aliphatic carbocycles. The van der Waals surface area contributed by atoms with Crippen molar-refractivity contribution in [2.75, 3.05) is 0 Å². The third kappa shape index (κ3) is 4.12. The normalized spacial score (nSPS) is 17.9. The van der Waals surface area contributed by atoms with Crippen LogP contribution in [0.1, 0.15) is 50.7 Å². The molecule has 2 atom stereocenters. The fourth-order valence-corrected chi connectivity index (χ4v) is 5.53. The second kappa shape index (κ2) is 9.44. The van der Waals surface area contributed by atoms with Crippen LogP contribution in [0, 0.1) is 32.4 Å². The number of aryl methyl sites for hydroxylation is 5. The number of benzene rings is 1. The van der Waals surface area contributed by atoms with Gasteiger partial charge in [-0.2, -0.15) is 20.1 Å². The first kappa shape index (κ1) is 22.6. The van der Waals surface area contributed by atoms with Crippen LogP contribution in [-0.2, 0) is 14.0 Å². The van der Waals surface area contributed by atoms with Gasteiger partial charge in [-0.05, 0) is 62.4 Å². The zero-order chi connectivity index (χ0) is 31.0. The minimum atomic E-state index is -2.50. The average Bonchev–Trinajstić information content (AvgIpc) is 3.40. The summed E-state index contributed by atoms with van der Waals surface area (Å²) in [4.78, 5) is 22.8. The SMILES string of the molecule is [2H]C([2H])([2H])n1ncc([C@H]2C[C@@H]2c2cc(C)n(-c3c(C)cnc(-c4cccc(-c5nc(C)nn5C)c4F)c3F)c(=O)c2Cl)n1. The minimum absolute atomic E-state index is 0.0896. The van der Waals surface area contributed by atoms with E-state index in [1.165, 1.54) is 29.2 Å². The molecule has 0 N–H and O–H groups in total. The molecule has 0 radical (unpaired) electrons. The first-order chi connectivity index (χ1) is 20.3. The summed E-state index contributed by atoms with van der Waals surface area (Å²) in [6.07, 6.45) is 3.37. The number of rotatable bonds is 5.